The SMILES string of the molecule is CC(O)(CO[Si](C)(C)C(C)(C)C)[C@@H]1SC=CN1[Si](C)(C)C(C)(C)C. The molecule has 6 heteroatoms. The molecule has 1 heterocycles. The first-order valence-corrected chi connectivity index (χ1v) is 15.7. The standard InChI is InChI=1S/C18H39NO2SSi2/c1-16(2,3)23(8,9)19-12-13-22-15(19)18(7,20)14-21-24(10,11)17(4,5)6/h12-13,15,20H,14H2,1-11H3/t15-,18?/m0/s1. The first kappa shape index (κ1) is 22.3. The molecular formula is C18H39NO2SSi2. The highest BCUT2D eigenvalue weighted by atomic mass is 32.2. The van der Waals surface area contributed by atoms with Crippen LogP contribution in [0.25, 0.3) is 0 Å². The molecular weight excluding hydrogens is 350 g/mol. The van der Waals surface area contributed by atoms with E-state index < -0.39 is 22.2 Å². The Hall–Kier alpha value is 0.244. The van der Waals surface area contributed by atoms with E-state index in [0.717, 1.165) is 0 Å². The summed E-state index contributed by atoms with van der Waals surface area (Å²) < 4.78 is 8.81. The molecule has 0 aromatic carbocycles. The minimum absolute atomic E-state index is 0.0307. The van der Waals surface area contributed by atoms with Gasteiger partial charge in [-0.2, -0.15) is 0 Å². The van der Waals surface area contributed by atoms with Crippen molar-refractivity contribution in [3.05, 3.63) is 11.6 Å². The van der Waals surface area contributed by atoms with Crippen LogP contribution in [0.2, 0.25) is 36.3 Å². The Morgan fingerprint density at radius 1 is 1.00 bits per heavy atom. The molecule has 142 valence electrons. The molecule has 0 aromatic heterocycles. The molecule has 2 atom stereocenters. The van der Waals surface area contributed by atoms with E-state index >= 15 is 0 Å². The zero-order valence-corrected chi connectivity index (χ0v) is 20.5. The zero-order valence-electron chi connectivity index (χ0n) is 17.7. The van der Waals surface area contributed by atoms with Crippen molar-refractivity contribution in [3.63, 3.8) is 0 Å². The van der Waals surface area contributed by atoms with E-state index in [9.17, 15) is 5.11 Å². The first-order valence-electron chi connectivity index (χ1n) is 8.90. The van der Waals surface area contributed by atoms with Crippen LogP contribution in [0.4, 0.5) is 0 Å². The van der Waals surface area contributed by atoms with Crippen molar-refractivity contribution in [2.75, 3.05) is 6.61 Å². The van der Waals surface area contributed by atoms with Crippen LogP contribution in [-0.4, -0.2) is 43.8 Å². The van der Waals surface area contributed by atoms with E-state index in [4.69, 9.17) is 4.43 Å². The lowest BCUT2D eigenvalue weighted by Gasteiger charge is -2.50. The molecule has 24 heavy (non-hydrogen) atoms. The lowest BCUT2D eigenvalue weighted by atomic mass is 10.1. The molecule has 1 N–H and O–H groups in total. The molecule has 0 saturated heterocycles. The Balaban J connectivity index is 2.95. The van der Waals surface area contributed by atoms with E-state index in [1.54, 1.807) is 11.8 Å². The number of aliphatic hydroxyl groups is 1. The van der Waals surface area contributed by atoms with Gasteiger partial charge in [-0.1, -0.05) is 54.6 Å². The topological polar surface area (TPSA) is 32.7 Å². The van der Waals surface area contributed by atoms with Gasteiger partial charge in [-0.25, -0.2) is 0 Å². The summed E-state index contributed by atoms with van der Waals surface area (Å²) in [5.41, 5.74) is -0.876. The molecule has 0 spiro atoms. The summed E-state index contributed by atoms with van der Waals surface area (Å²) in [4.78, 5) is 0. The van der Waals surface area contributed by atoms with Gasteiger partial charge >= 0.3 is 0 Å². The molecule has 1 aliphatic rings. The Morgan fingerprint density at radius 2 is 1.50 bits per heavy atom. The van der Waals surface area contributed by atoms with Crippen molar-refractivity contribution in [3.8, 4) is 0 Å². The maximum Gasteiger partial charge on any atom is 0.192 e. The van der Waals surface area contributed by atoms with Gasteiger partial charge in [0.05, 0.1) is 6.61 Å². The van der Waals surface area contributed by atoms with Gasteiger partial charge in [-0.05, 0) is 41.7 Å². The smallest absolute Gasteiger partial charge is 0.192 e. The monoisotopic (exact) mass is 389 g/mol. The van der Waals surface area contributed by atoms with Gasteiger partial charge in [-0.3, -0.25) is 0 Å². The molecule has 0 aromatic rings. The number of rotatable bonds is 5. The van der Waals surface area contributed by atoms with Crippen molar-refractivity contribution in [1.82, 2.24) is 4.57 Å². The fourth-order valence-electron chi connectivity index (χ4n) is 2.25. The number of thioether (sulfide) groups is 1. The van der Waals surface area contributed by atoms with E-state index in [1.165, 1.54) is 0 Å². The Labute approximate surface area is 156 Å². The highest BCUT2D eigenvalue weighted by Crippen LogP contribution is 2.46. The molecule has 0 radical (unpaired) electrons. The average Bonchev–Trinajstić information content (AvgIpc) is 2.84. The van der Waals surface area contributed by atoms with Gasteiger partial charge in [0.25, 0.3) is 0 Å². The Kier molecular flexibility index (Phi) is 6.28. The van der Waals surface area contributed by atoms with Crippen LogP contribution >= 0.6 is 11.8 Å². The second kappa shape index (κ2) is 6.76. The van der Waals surface area contributed by atoms with Gasteiger partial charge in [0.15, 0.2) is 16.6 Å². The fraction of sp³-hybridized carbons (Fsp3) is 0.889. The molecule has 0 bridgehead atoms. The number of nitrogens with zero attached hydrogens (tertiary/aromatic N) is 1. The summed E-state index contributed by atoms with van der Waals surface area (Å²) >= 11 is 1.72. The summed E-state index contributed by atoms with van der Waals surface area (Å²) in [6.07, 6.45) is 2.19. The minimum atomic E-state index is -1.87. The van der Waals surface area contributed by atoms with Crippen LogP contribution in [0, 0.1) is 0 Å². The summed E-state index contributed by atoms with van der Waals surface area (Å²) in [6.45, 7) is 25.3. The summed E-state index contributed by atoms with van der Waals surface area (Å²) in [6, 6.07) is 0. The van der Waals surface area contributed by atoms with Crippen LogP contribution in [0.5, 0.6) is 0 Å². The third-order valence-electron chi connectivity index (χ3n) is 6.23. The third-order valence-corrected chi connectivity index (χ3v) is 17.5. The maximum atomic E-state index is 11.3. The van der Waals surface area contributed by atoms with Gasteiger partial charge in [0, 0.05) is 0 Å². The summed E-state index contributed by atoms with van der Waals surface area (Å²) in [5, 5.41) is 13.8. The molecule has 0 fully saturated rings. The van der Waals surface area contributed by atoms with E-state index in [1.807, 2.05) is 6.92 Å². The zero-order chi connectivity index (χ0) is 19.2. The third kappa shape index (κ3) is 4.50. The van der Waals surface area contributed by atoms with Gasteiger partial charge in [0.1, 0.15) is 11.0 Å². The second-order valence-electron chi connectivity index (χ2n) is 10.4. The highest BCUT2D eigenvalue weighted by Gasteiger charge is 2.50. The predicted octanol–water partition coefficient (Wildman–Crippen LogP) is 5.61. The van der Waals surface area contributed by atoms with Gasteiger partial charge in [-0.15, -0.1) is 11.8 Å². The minimum Gasteiger partial charge on any atom is -0.414 e. The summed E-state index contributed by atoms with van der Waals surface area (Å²) in [7, 11) is -3.60. The van der Waals surface area contributed by atoms with Crippen LogP contribution in [0.1, 0.15) is 48.5 Å². The number of hydrogen-bond acceptors (Lipinski definition) is 4. The summed E-state index contributed by atoms with van der Waals surface area (Å²) in [5.74, 6) is 0. The van der Waals surface area contributed by atoms with Crippen molar-refractivity contribution in [2.24, 2.45) is 0 Å². The largest absolute Gasteiger partial charge is 0.414 e. The first-order chi connectivity index (χ1) is 10.4. The lowest BCUT2D eigenvalue weighted by Crippen LogP contribution is -2.61. The Bertz CT molecular complexity index is 476. The Morgan fingerprint density at radius 3 is 1.92 bits per heavy atom. The molecule has 1 rings (SSSR count). The number of hydrogen-bond donors (Lipinski definition) is 1. The van der Waals surface area contributed by atoms with Gasteiger partial charge in [0.2, 0.25) is 0 Å². The van der Waals surface area contributed by atoms with Crippen molar-refractivity contribution in [1.29, 1.82) is 0 Å². The molecule has 0 saturated carbocycles. The van der Waals surface area contributed by atoms with E-state index in [-0.39, 0.29) is 15.5 Å². The van der Waals surface area contributed by atoms with Crippen LogP contribution in [0.3, 0.4) is 0 Å². The normalized spacial score (nSPS) is 22.8. The van der Waals surface area contributed by atoms with Crippen LogP contribution in [-0.2, 0) is 4.43 Å². The molecule has 1 unspecified atom stereocenters. The molecule has 0 aliphatic carbocycles. The highest BCUT2D eigenvalue weighted by molar-refractivity contribution is 8.03. The molecule has 0 amide bonds. The maximum absolute atomic E-state index is 11.3. The average molecular weight is 390 g/mol. The van der Waals surface area contributed by atoms with Crippen molar-refractivity contribution in [2.45, 2.75) is 95.7 Å². The predicted molar refractivity (Wildman–Crippen MR) is 113 cm³/mol. The van der Waals surface area contributed by atoms with Crippen molar-refractivity contribution >= 4 is 28.3 Å². The lowest BCUT2D eigenvalue weighted by molar-refractivity contribution is -0.0129. The molecule has 3 nitrogen and oxygen atoms in total. The van der Waals surface area contributed by atoms with Gasteiger partial charge < -0.3 is 14.1 Å². The fourth-order valence-corrected chi connectivity index (χ4v) is 7.41. The quantitative estimate of drug-likeness (QED) is 0.619. The van der Waals surface area contributed by atoms with Crippen LogP contribution in [0.15, 0.2) is 11.6 Å². The van der Waals surface area contributed by atoms with Crippen molar-refractivity contribution < 1.29 is 9.53 Å². The molecule has 1 aliphatic heterocycles. The second-order valence-corrected chi connectivity index (χ2v) is 21.3. The van der Waals surface area contributed by atoms with Crippen LogP contribution < -0.4 is 0 Å². The van der Waals surface area contributed by atoms with E-state index in [0.29, 0.717) is 6.61 Å². The van der Waals surface area contributed by atoms with E-state index in [2.05, 4.69) is 83.9 Å².